The van der Waals surface area contributed by atoms with Gasteiger partial charge in [-0.05, 0) is 59.1 Å². The summed E-state index contributed by atoms with van der Waals surface area (Å²) >= 11 is 0. The molecule has 0 aromatic heterocycles. The minimum Gasteiger partial charge on any atom is -0.481 e. The molecule has 2 aliphatic carbocycles. The molecule has 0 radical (unpaired) electrons. The highest BCUT2D eigenvalue weighted by Gasteiger charge is 2.40. The molecule has 0 atom stereocenters. The first-order valence-corrected chi connectivity index (χ1v) is 14.2. The van der Waals surface area contributed by atoms with E-state index in [2.05, 4.69) is 0 Å². The van der Waals surface area contributed by atoms with E-state index in [1.807, 2.05) is 0 Å². The Hall–Kier alpha value is -5.50. The van der Waals surface area contributed by atoms with Gasteiger partial charge in [-0.2, -0.15) is 0 Å². The molecule has 0 fully saturated rings. The number of carbonyl (C=O) groups is 6. The van der Waals surface area contributed by atoms with Crippen molar-refractivity contribution in [3.63, 3.8) is 0 Å². The number of Topliss-reactive ketones (excluding diaryl/α,β-unsaturated/α-hetero) is 4. The van der Waals surface area contributed by atoms with Gasteiger partial charge >= 0.3 is 11.9 Å². The van der Waals surface area contributed by atoms with Gasteiger partial charge in [0, 0.05) is 22.3 Å². The predicted molar refractivity (Wildman–Crippen MR) is 160 cm³/mol. The lowest BCUT2D eigenvalue weighted by Gasteiger charge is -2.29. The van der Waals surface area contributed by atoms with Crippen molar-refractivity contribution >= 4 is 35.1 Å². The standard InChI is InChI=1S/C36H26O8/c37-30(38)19-36(35(43)44,15-13-20-9-11-26-28(17-20)22-5-1-3-7-24(22)31(39)33(26)41)16-14-21-10-12-27-29(18-21)23-6-2-4-8-25(23)32(40)34(27)42/h1-12,17-18H,13-16,19H2,(H,37,38)(H,43,44). The lowest BCUT2D eigenvalue weighted by atomic mass is 9.74. The molecule has 0 spiro atoms. The zero-order chi connectivity index (χ0) is 31.2. The highest BCUT2D eigenvalue weighted by atomic mass is 16.4. The summed E-state index contributed by atoms with van der Waals surface area (Å²) in [6, 6.07) is 23.6. The Morgan fingerprint density at radius 3 is 1.23 bits per heavy atom. The van der Waals surface area contributed by atoms with Crippen LogP contribution in [0.25, 0.3) is 22.3 Å². The Balaban J connectivity index is 1.28. The number of hydrogen-bond donors (Lipinski definition) is 2. The van der Waals surface area contributed by atoms with E-state index >= 15 is 0 Å². The van der Waals surface area contributed by atoms with Gasteiger partial charge in [0.25, 0.3) is 0 Å². The number of carbonyl (C=O) groups excluding carboxylic acids is 4. The number of carboxylic acids is 2. The van der Waals surface area contributed by atoms with Gasteiger partial charge in [0.2, 0.25) is 23.1 Å². The fourth-order valence-corrected chi connectivity index (χ4v) is 6.30. The van der Waals surface area contributed by atoms with Crippen LogP contribution in [0.15, 0.2) is 84.9 Å². The average molecular weight is 587 g/mol. The van der Waals surface area contributed by atoms with Crippen molar-refractivity contribution in [2.45, 2.75) is 32.1 Å². The number of hydrogen-bond acceptors (Lipinski definition) is 6. The SMILES string of the molecule is O=C(O)CC(CCc1ccc2c(c1)-c1ccccc1C(=O)C2=O)(CCc1ccc2c(c1)-c1ccccc1C(=O)C2=O)C(=O)O. The highest BCUT2D eigenvalue weighted by Crippen LogP contribution is 2.39. The summed E-state index contributed by atoms with van der Waals surface area (Å²) < 4.78 is 0. The minimum atomic E-state index is -1.61. The molecule has 0 unspecified atom stereocenters. The van der Waals surface area contributed by atoms with E-state index in [1.165, 1.54) is 0 Å². The molecule has 4 aromatic carbocycles. The zero-order valence-electron chi connectivity index (χ0n) is 23.5. The topological polar surface area (TPSA) is 143 Å². The second-order valence-corrected chi connectivity index (χ2v) is 11.3. The van der Waals surface area contributed by atoms with E-state index in [0.29, 0.717) is 44.5 Å². The lowest BCUT2D eigenvalue weighted by Crippen LogP contribution is -2.35. The summed E-state index contributed by atoms with van der Waals surface area (Å²) in [6.45, 7) is 0. The molecular weight excluding hydrogens is 560 g/mol. The summed E-state index contributed by atoms with van der Waals surface area (Å²) in [5.74, 6) is -4.82. The first-order chi connectivity index (χ1) is 21.1. The molecule has 0 aliphatic heterocycles. The van der Waals surface area contributed by atoms with Gasteiger partial charge in [-0.1, -0.05) is 84.9 Å². The van der Waals surface area contributed by atoms with Crippen LogP contribution in [0.3, 0.4) is 0 Å². The van der Waals surface area contributed by atoms with Crippen molar-refractivity contribution < 1.29 is 39.0 Å². The van der Waals surface area contributed by atoms with E-state index in [4.69, 9.17) is 0 Å². The van der Waals surface area contributed by atoms with Gasteiger partial charge in [-0.25, -0.2) is 0 Å². The Morgan fingerprint density at radius 1 is 0.500 bits per heavy atom. The third-order valence-corrected chi connectivity index (χ3v) is 8.72. The van der Waals surface area contributed by atoms with Gasteiger partial charge < -0.3 is 10.2 Å². The van der Waals surface area contributed by atoms with Gasteiger partial charge in [0.05, 0.1) is 11.8 Å². The van der Waals surface area contributed by atoms with Crippen molar-refractivity contribution in [1.82, 2.24) is 0 Å². The lowest BCUT2D eigenvalue weighted by molar-refractivity contribution is -0.156. The molecule has 2 N–H and O–H groups in total. The normalized spacial score (nSPS) is 13.5. The largest absolute Gasteiger partial charge is 0.481 e. The molecule has 218 valence electrons. The molecule has 6 rings (SSSR count). The molecular formula is C36H26O8. The van der Waals surface area contributed by atoms with Crippen molar-refractivity contribution in [1.29, 1.82) is 0 Å². The molecule has 44 heavy (non-hydrogen) atoms. The number of fused-ring (bicyclic) bond motifs is 6. The van der Waals surface area contributed by atoms with Crippen LogP contribution in [0.4, 0.5) is 0 Å². The molecule has 0 saturated carbocycles. The third kappa shape index (κ3) is 4.84. The molecule has 0 heterocycles. The maximum Gasteiger partial charge on any atom is 0.310 e. The summed E-state index contributed by atoms with van der Waals surface area (Å²) in [6.07, 6.45) is -0.105. The Bertz CT molecular complexity index is 1810. The van der Waals surface area contributed by atoms with E-state index in [9.17, 15) is 39.0 Å². The van der Waals surface area contributed by atoms with Gasteiger partial charge in [-0.15, -0.1) is 0 Å². The number of rotatable bonds is 9. The molecule has 2 aliphatic rings. The van der Waals surface area contributed by atoms with Crippen molar-refractivity contribution in [2.24, 2.45) is 5.41 Å². The van der Waals surface area contributed by atoms with Crippen LogP contribution in [0.1, 0.15) is 71.8 Å². The number of aryl methyl sites for hydroxylation is 2. The van der Waals surface area contributed by atoms with Crippen LogP contribution in [-0.2, 0) is 22.4 Å². The van der Waals surface area contributed by atoms with Crippen molar-refractivity contribution in [2.75, 3.05) is 0 Å². The second kappa shape index (κ2) is 11.0. The summed E-state index contributed by atoms with van der Waals surface area (Å²) in [7, 11) is 0. The monoisotopic (exact) mass is 586 g/mol. The Kier molecular flexibility index (Phi) is 7.13. The van der Waals surface area contributed by atoms with E-state index in [0.717, 1.165) is 0 Å². The van der Waals surface area contributed by atoms with Crippen LogP contribution >= 0.6 is 0 Å². The molecule has 4 aromatic rings. The number of benzene rings is 4. The van der Waals surface area contributed by atoms with Crippen LogP contribution < -0.4 is 0 Å². The van der Waals surface area contributed by atoms with Crippen LogP contribution in [0, 0.1) is 5.41 Å². The van der Waals surface area contributed by atoms with Crippen LogP contribution in [0.5, 0.6) is 0 Å². The van der Waals surface area contributed by atoms with Gasteiger partial charge in [0.15, 0.2) is 0 Å². The fourth-order valence-electron chi connectivity index (χ4n) is 6.30. The van der Waals surface area contributed by atoms with E-state index < -0.39 is 46.9 Å². The Morgan fingerprint density at radius 2 is 0.864 bits per heavy atom. The minimum absolute atomic E-state index is 0.0166. The van der Waals surface area contributed by atoms with Crippen LogP contribution in [0.2, 0.25) is 0 Å². The molecule has 0 bridgehead atoms. The quantitative estimate of drug-likeness (QED) is 0.231. The second-order valence-electron chi connectivity index (χ2n) is 11.3. The third-order valence-electron chi connectivity index (χ3n) is 8.72. The maximum atomic E-state index is 12.7. The summed E-state index contributed by atoms with van der Waals surface area (Å²) in [5, 5.41) is 20.1. The number of ketones is 4. The van der Waals surface area contributed by atoms with E-state index in [1.54, 1.807) is 84.9 Å². The summed E-state index contributed by atoms with van der Waals surface area (Å²) in [4.78, 5) is 75.2. The molecule has 0 saturated heterocycles. The molecule has 8 heteroatoms. The number of aliphatic carboxylic acids is 2. The Labute approximate surface area is 252 Å². The molecule has 0 amide bonds. The first kappa shape index (κ1) is 28.6. The van der Waals surface area contributed by atoms with Crippen LogP contribution in [-0.4, -0.2) is 45.3 Å². The first-order valence-electron chi connectivity index (χ1n) is 14.2. The zero-order valence-corrected chi connectivity index (χ0v) is 23.5. The predicted octanol–water partition coefficient (Wildman–Crippen LogP) is 5.89. The van der Waals surface area contributed by atoms with Gasteiger partial charge in [-0.3, -0.25) is 28.8 Å². The van der Waals surface area contributed by atoms with Gasteiger partial charge in [0.1, 0.15) is 0 Å². The smallest absolute Gasteiger partial charge is 0.310 e. The van der Waals surface area contributed by atoms with Crippen molar-refractivity contribution in [3.05, 3.63) is 118 Å². The summed E-state index contributed by atoms with van der Waals surface area (Å²) in [5.41, 5.74) is 3.42. The fraction of sp³-hybridized carbons (Fsp3) is 0.167. The maximum absolute atomic E-state index is 12.7. The average Bonchev–Trinajstić information content (AvgIpc) is 3.03. The van der Waals surface area contributed by atoms with E-state index in [-0.39, 0.29) is 36.8 Å². The molecule has 8 nitrogen and oxygen atoms in total. The number of carboxylic acid groups (broad SMARTS) is 2. The highest BCUT2D eigenvalue weighted by molar-refractivity contribution is 6.53. The van der Waals surface area contributed by atoms with Crippen molar-refractivity contribution in [3.8, 4) is 22.3 Å².